The molecule has 1 aromatic heterocycles. The van der Waals surface area contributed by atoms with Gasteiger partial charge in [0, 0.05) is 12.2 Å². The third kappa shape index (κ3) is 2.94. The second kappa shape index (κ2) is 6.16. The van der Waals surface area contributed by atoms with Crippen molar-refractivity contribution in [3.63, 3.8) is 0 Å². The molecule has 1 amide bonds. The molecule has 1 aliphatic rings. The molecule has 0 radical (unpaired) electrons. The summed E-state index contributed by atoms with van der Waals surface area (Å²) in [6, 6.07) is 5.77. The van der Waals surface area contributed by atoms with Crippen LogP contribution in [0.25, 0.3) is 0 Å². The average Bonchev–Trinajstić information content (AvgIpc) is 2.91. The first-order valence-electron chi connectivity index (χ1n) is 7.50. The predicted octanol–water partition coefficient (Wildman–Crippen LogP) is 1.91. The van der Waals surface area contributed by atoms with Gasteiger partial charge in [0.25, 0.3) is 11.5 Å². The number of hydrogen-bond donors (Lipinski definition) is 2. The van der Waals surface area contributed by atoms with E-state index in [1.54, 1.807) is 13.0 Å². The Kier molecular flexibility index (Phi) is 4.19. The third-order valence-corrected chi connectivity index (χ3v) is 4.15. The summed E-state index contributed by atoms with van der Waals surface area (Å²) in [4.78, 5) is 28.5. The van der Waals surface area contributed by atoms with Crippen molar-refractivity contribution in [1.29, 1.82) is 0 Å². The molecule has 1 aromatic carbocycles. The number of nitrogens with zero attached hydrogens (tertiary/aromatic N) is 1. The average molecular weight is 334 g/mol. The van der Waals surface area contributed by atoms with Gasteiger partial charge in [-0.25, -0.2) is 8.78 Å². The van der Waals surface area contributed by atoms with Gasteiger partial charge in [0.05, 0.1) is 12.1 Å². The van der Waals surface area contributed by atoms with Gasteiger partial charge < -0.3 is 15.0 Å². The number of halogens is 2. The number of aliphatic hydroxyl groups excluding tert-OH is 1. The van der Waals surface area contributed by atoms with Crippen molar-refractivity contribution in [2.75, 3.05) is 6.54 Å². The van der Waals surface area contributed by atoms with E-state index in [2.05, 4.69) is 4.98 Å². The van der Waals surface area contributed by atoms with Crippen LogP contribution >= 0.6 is 0 Å². The van der Waals surface area contributed by atoms with Gasteiger partial charge in [-0.1, -0.05) is 6.07 Å². The fraction of sp³-hybridized carbons (Fsp3) is 0.294. The number of aromatic nitrogens is 1. The number of likely N-dealkylation sites (tertiary alicyclic amines) is 1. The van der Waals surface area contributed by atoms with Crippen LogP contribution in [0.5, 0.6) is 0 Å². The number of β-amino-alcohol motifs (C(OH)–C–C–N with tert-alkyl or cyclic N) is 1. The Balaban J connectivity index is 1.96. The number of aromatic amines is 1. The topological polar surface area (TPSA) is 73.4 Å². The maximum Gasteiger partial charge on any atom is 0.260 e. The number of hydrogen-bond acceptors (Lipinski definition) is 3. The van der Waals surface area contributed by atoms with Gasteiger partial charge >= 0.3 is 0 Å². The first kappa shape index (κ1) is 16.3. The number of nitrogens with one attached hydrogen (secondary N) is 1. The third-order valence-electron chi connectivity index (χ3n) is 4.15. The van der Waals surface area contributed by atoms with E-state index in [1.165, 1.54) is 17.0 Å². The SMILES string of the molecule is Cc1ccc(C(=O)N2C[C@H](O)C[C@@H]2c2ccc(F)c(F)c2)c(=O)[nH]1. The fourth-order valence-electron chi connectivity index (χ4n) is 2.97. The minimum Gasteiger partial charge on any atom is -0.391 e. The molecule has 2 N–H and O–H groups in total. The molecule has 1 saturated heterocycles. The van der Waals surface area contributed by atoms with Crippen LogP contribution in [0, 0.1) is 18.6 Å². The number of benzene rings is 1. The Morgan fingerprint density at radius 2 is 2.00 bits per heavy atom. The van der Waals surface area contributed by atoms with E-state index in [1.807, 2.05) is 0 Å². The van der Waals surface area contributed by atoms with E-state index in [0.29, 0.717) is 11.3 Å². The largest absolute Gasteiger partial charge is 0.391 e. The highest BCUT2D eigenvalue weighted by atomic mass is 19.2. The van der Waals surface area contributed by atoms with Crippen molar-refractivity contribution in [1.82, 2.24) is 9.88 Å². The van der Waals surface area contributed by atoms with Gasteiger partial charge in [0.15, 0.2) is 11.6 Å². The maximum absolute atomic E-state index is 13.5. The number of rotatable bonds is 2. The molecular formula is C17H16F2N2O3. The number of carbonyl (C=O) groups excluding carboxylic acids is 1. The van der Waals surface area contributed by atoms with Gasteiger partial charge in [-0.05, 0) is 43.2 Å². The minimum absolute atomic E-state index is 0.0236. The zero-order valence-electron chi connectivity index (χ0n) is 12.9. The van der Waals surface area contributed by atoms with E-state index < -0.39 is 35.2 Å². The summed E-state index contributed by atoms with van der Waals surface area (Å²) < 4.78 is 26.6. The molecule has 0 bridgehead atoms. The first-order chi connectivity index (χ1) is 11.4. The summed E-state index contributed by atoms with van der Waals surface area (Å²) >= 11 is 0. The van der Waals surface area contributed by atoms with Crippen molar-refractivity contribution >= 4 is 5.91 Å². The second-order valence-corrected chi connectivity index (χ2v) is 5.92. The van der Waals surface area contributed by atoms with Crippen LogP contribution in [-0.2, 0) is 0 Å². The standard InChI is InChI=1S/C17H16F2N2O3/c1-9-2-4-12(16(23)20-9)17(24)21-8-11(22)7-15(21)10-3-5-13(18)14(19)6-10/h2-6,11,15,22H,7-8H2,1H3,(H,20,23)/t11-,15-/m1/s1. The molecule has 126 valence electrons. The molecule has 24 heavy (non-hydrogen) atoms. The molecule has 0 saturated carbocycles. The molecule has 1 fully saturated rings. The lowest BCUT2D eigenvalue weighted by atomic mass is 10.0. The molecule has 7 heteroatoms. The Morgan fingerprint density at radius 1 is 1.25 bits per heavy atom. The molecule has 3 rings (SSSR count). The van der Waals surface area contributed by atoms with Crippen LogP contribution in [0.4, 0.5) is 8.78 Å². The number of aryl methyl sites for hydroxylation is 1. The summed E-state index contributed by atoms with van der Waals surface area (Å²) in [7, 11) is 0. The lowest BCUT2D eigenvalue weighted by Crippen LogP contribution is -2.35. The second-order valence-electron chi connectivity index (χ2n) is 5.92. The molecule has 2 heterocycles. The van der Waals surface area contributed by atoms with E-state index in [9.17, 15) is 23.5 Å². The summed E-state index contributed by atoms with van der Waals surface area (Å²) in [6.45, 7) is 1.72. The van der Waals surface area contributed by atoms with Crippen molar-refractivity contribution in [2.24, 2.45) is 0 Å². The summed E-state index contributed by atoms with van der Waals surface area (Å²) in [5, 5.41) is 9.92. The van der Waals surface area contributed by atoms with Crippen molar-refractivity contribution < 1.29 is 18.7 Å². The van der Waals surface area contributed by atoms with E-state index in [4.69, 9.17) is 0 Å². The van der Waals surface area contributed by atoms with Crippen LogP contribution in [0.3, 0.4) is 0 Å². The molecule has 1 aliphatic heterocycles. The van der Waals surface area contributed by atoms with Crippen molar-refractivity contribution in [2.45, 2.75) is 25.5 Å². The zero-order valence-corrected chi connectivity index (χ0v) is 12.9. The molecule has 0 aliphatic carbocycles. The summed E-state index contributed by atoms with van der Waals surface area (Å²) in [5.41, 5.74) is 0.421. The Hall–Kier alpha value is -2.54. The van der Waals surface area contributed by atoms with Crippen LogP contribution in [-0.4, -0.2) is 33.5 Å². The predicted molar refractivity (Wildman–Crippen MR) is 82.6 cm³/mol. The highest BCUT2D eigenvalue weighted by molar-refractivity contribution is 5.94. The molecule has 5 nitrogen and oxygen atoms in total. The minimum atomic E-state index is -1.02. The lowest BCUT2D eigenvalue weighted by molar-refractivity contribution is 0.0713. The smallest absolute Gasteiger partial charge is 0.260 e. The van der Waals surface area contributed by atoms with Crippen LogP contribution < -0.4 is 5.56 Å². The normalized spacial score (nSPS) is 20.4. The molecule has 2 aromatic rings. The molecule has 0 unspecified atom stereocenters. The Labute approximate surface area is 136 Å². The van der Waals surface area contributed by atoms with Gasteiger partial charge in [0.2, 0.25) is 0 Å². The molecular weight excluding hydrogens is 318 g/mol. The van der Waals surface area contributed by atoms with Gasteiger partial charge in [-0.2, -0.15) is 0 Å². The molecule has 2 atom stereocenters. The van der Waals surface area contributed by atoms with Crippen LogP contribution in [0.2, 0.25) is 0 Å². The lowest BCUT2D eigenvalue weighted by Gasteiger charge is -2.24. The van der Waals surface area contributed by atoms with Gasteiger partial charge in [-0.3, -0.25) is 9.59 Å². The van der Waals surface area contributed by atoms with E-state index in [-0.39, 0.29) is 18.5 Å². The highest BCUT2D eigenvalue weighted by Crippen LogP contribution is 2.33. The highest BCUT2D eigenvalue weighted by Gasteiger charge is 2.36. The van der Waals surface area contributed by atoms with Crippen molar-refractivity contribution in [3.8, 4) is 0 Å². The number of amides is 1. The number of aliphatic hydroxyl groups is 1. The summed E-state index contributed by atoms with van der Waals surface area (Å²) in [5.74, 6) is -2.55. The van der Waals surface area contributed by atoms with Gasteiger partial charge in [0.1, 0.15) is 5.56 Å². The monoisotopic (exact) mass is 334 g/mol. The maximum atomic E-state index is 13.5. The number of H-pyrrole nitrogens is 1. The summed E-state index contributed by atoms with van der Waals surface area (Å²) in [6.07, 6.45) is -0.600. The quantitative estimate of drug-likeness (QED) is 0.881. The first-order valence-corrected chi connectivity index (χ1v) is 7.50. The number of carbonyl (C=O) groups is 1. The Bertz CT molecular complexity index is 850. The zero-order chi connectivity index (χ0) is 17.4. The van der Waals surface area contributed by atoms with E-state index in [0.717, 1.165) is 12.1 Å². The van der Waals surface area contributed by atoms with Crippen LogP contribution in [0.15, 0.2) is 35.1 Å². The van der Waals surface area contributed by atoms with E-state index >= 15 is 0 Å². The molecule has 0 spiro atoms. The van der Waals surface area contributed by atoms with Crippen LogP contribution in [0.1, 0.15) is 34.1 Å². The Morgan fingerprint density at radius 3 is 2.67 bits per heavy atom. The fourth-order valence-corrected chi connectivity index (χ4v) is 2.97. The van der Waals surface area contributed by atoms with Gasteiger partial charge in [-0.15, -0.1) is 0 Å². The number of pyridine rings is 1. The van der Waals surface area contributed by atoms with Crippen molar-refractivity contribution in [3.05, 3.63) is 69.1 Å².